The summed E-state index contributed by atoms with van der Waals surface area (Å²) in [6, 6.07) is 3.96. The van der Waals surface area contributed by atoms with E-state index in [1.54, 1.807) is 0 Å². The molecule has 1 aromatic rings. The van der Waals surface area contributed by atoms with Gasteiger partial charge in [-0.25, -0.2) is 8.42 Å². The minimum absolute atomic E-state index is 0.0333. The van der Waals surface area contributed by atoms with E-state index in [9.17, 15) is 23.1 Å². The maximum atomic E-state index is 12.8. The topological polar surface area (TPSA) is 95.0 Å². The largest absolute Gasteiger partial charge is 0.392 e. The number of imide groups is 1. The summed E-state index contributed by atoms with van der Waals surface area (Å²) in [7, 11) is -2.45. The number of rotatable bonds is 2. The first-order valence-corrected chi connectivity index (χ1v) is 8.80. The van der Waals surface area contributed by atoms with E-state index in [-0.39, 0.29) is 28.5 Å². The van der Waals surface area contributed by atoms with Crippen LogP contribution in [0.2, 0.25) is 0 Å². The van der Waals surface area contributed by atoms with Crippen LogP contribution in [0.25, 0.3) is 0 Å². The lowest BCUT2D eigenvalue weighted by atomic mass is 10.00. The Morgan fingerprint density at radius 2 is 1.78 bits per heavy atom. The molecule has 23 heavy (non-hydrogen) atoms. The summed E-state index contributed by atoms with van der Waals surface area (Å²) in [5.41, 5.74) is 0.313. The second-order valence-electron chi connectivity index (χ2n) is 6.19. The van der Waals surface area contributed by atoms with E-state index in [1.807, 2.05) is 6.92 Å². The van der Waals surface area contributed by atoms with Crippen LogP contribution in [0, 0.1) is 5.92 Å². The molecule has 1 saturated heterocycles. The highest BCUT2D eigenvalue weighted by atomic mass is 32.2. The Morgan fingerprint density at radius 3 is 2.43 bits per heavy atom. The summed E-state index contributed by atoms with van der Waals surface area (Å²) in [5.74, 6) is -0.887. The van der Waals surface area contributed by atoms with Crippen molar-refractivity contribution < 1.29 is 23.1 Å². The highest BCUT2D eigenvalue weighted by Gasteiger charge is 2.36. The van der Waals surface area contributed by atoms with Crippen molar-refractivity contribution in [3.05, 3.63) is 29.3 Å². The molecule has 2 aliphatic heterocycles. The van der Waals surface area contributed by atoms with E-state index in [0.29, 0.717) is 13.0 Å². The zero-order chi connectivity index (χ0) is 16.9. The van der Waals surface area contributed by atoms with E-state index < -0.39 is 27.9 Å². The molecule has 0 bridgehead atoms. The van der Waals surface area contributed by atoms with Gasteiger partial charge >= 0.3 is 0 Å². The SMILES string of the molecule is CC1CC(O)CN(S(=O)(=O)c2ccc3c(c2)C(=O)N(C)C3=O)C1. The van der Waals surface area contributed by atoms with Crippen LogP contribution in [0.5, 0.6) is 0 Å². The minimum Gasteiger partial charge on any atom is -0.392 e. The number of hydrogen-bond acceptors (Lipinski definition) is 5. The maximum Gasteiger partial charge on any atom is 0.261 e. The standard InChI is InChI=1S/C15H18N2O5S/c1-9-5-10(18)8-17(7-9)23(21,22)11-3-4-12-13(6-11)15(20)16(2)14(12)19/h3-4,6,9-10,18H,5,7-8H2,1-2H3. The van der Waals surface area contributed by atoms with Gasteiger partial charge in [-0.1, -0.05) is 6.92 Å². The molecule has 8 heteroatoms. The predicted molar refractivity (Wildman–Crippen MR) is 81.4 cm³/mol. The number of benzene rings is 1. The normalized spacial score (nSPS) is 25.8. The summed E-state index contributed by atoms with van der Waals surface area (Å²) in [4.78, 5) is 24.8. The molecule has 2 unspecified atom stereocenters. The first-order valence-electron chi connectivity index (χ1n) is 7.36. The first-order chi connectivity index (χ1) is 10.7. The van der Waals surface area contributed by atoms with Crippen molar-refractivity contribution in [2.75, 3.05) is 20.1 Å². The van der Waals surface area contributed by atoms with E-state index in [2.05, 4.69) is 0 Å². The fraction of sp³-hybridized carbons (Fsp3) is 0.467. The number of sulfonamides is 1. The number of carbonyl (C=O) groups is 2. The van der Waals surface area contributed by atoms with Crippen molar-refractivity contribution >= 4 is 21.8 Å². The number of hydrogen-bond donors (Lipinski definition) is 1. The molecule has 0 spiro atoms. The third kappa shape index (κ3) is 2.56. The van der Waals surface area contributed by atoms with Crippen molar-refractivity contribution in [3.63, 3.8) is 0 Å². The van der Waals surface area contributed by atoms with Crippen LogP contribution < -0.4 is 0 Å². The highest BCUT2D eigenvalue weighted by molar-refractivity contribution is 7.89. The number of amides is 2. The Bertz CT molecular complexity index is 779. The molecule has 2 atom stereocenters. The Kier molecular flexibility index (Phi) is 3.78. The molecule has 1 aromatic carbocycles. The number of aliphatic hydroxyl groups is 1. The second kappa shape index (κ2) is 5.40. The average molecular weight is 338 g/mol. The lowest BCUT2D eigenvalue weighted by Crippen LogP contribution is -2.45. The monoisotopic (exact) mass is 338 g/mol. The molecule has 2 heterocycles. The van der Waals surface area contributed by atoms with E-state index in [4.69, 9.17) is 0 Å². The molecular weight excluding hydrogens is 320 g/mol. The van der Waals surface area contributed by atoms with Crippen molar-refractivity contribution in [1.82, 2.24) is 9.21 Å². The van der Waals surface area contributed by atoms with Gasteiger partial charge in [0.1, 0.15) is 0 Å². The van der Waals surface area contributed by atoms with Gasteiger partial charge in [0.25, 0.3) is 11.8 Å². The average Bonchev–Trinajstić information content (AvgIpc) is 2.71. The summed E-state index contributed by atoms with van der Waals surface area (Å²) in [6.07, 6.45) is -0.133. The van der Waals surface area contributed by atoms with Gasteiger partial charge in [-0.05, 0) is 30.5 Å². The third-order valence-electron chi connectivity index (χ3n) is 4.30. The van der Waals surface area contributed by atoms with Gasteiger partial charge in [0.2, 0.25) is 10.0 Å². The third-order valence-corrected chi connectivity index (χ3v) is 6.13. The van der Waals surface area contributed by atoms with E-state index >= 15 is 0 Å². The Hall–Kier alpha value is -1.77. The number of nitrogens with zero attached hydrogens (tertiary/aromatic N) is 2. The zero-order valence-corrected chi connectivity index (χ0v) is 13.7. The van der Waals surface area contributed by atoms with Crippen LogP contribution in [0.1, 0.15) is 34.1 Å². The number of fused-ring (bicyclic) bond motifs is 1. The maximum absolute atomic E-state index is 12.8. The van der Waals surface area contributed by atoms with Crippen LogP contribution >= 0.6 is 0 Å². The Balaban J connectivity index is 1.99. The van der Waals surface area contributed by atoms with Gasteiger partial charge in [-0.3, -0.25) is 14.5 Å². The first kappa shape index (κ1) is 16.1. The Morgan fingerprint density at radius 1 is 1.13 bits per heavy atom. The Labute approximate surface area is 134 Å². The van der Waals surface area contributed by atoms with Crippen LogP contribution in [0.4, 0.5) is 0 Å². The molecule has 124 valence electrons. The highest BCUT2D eigenvalue weighted by Crippen LogP contribution is 2.28. The van der Waals surface area contributed by atoms with Crippen LogP contribution in [0.15, 0.2) is 23.1 Å². The van der Waals surface area contributed by atoms with Crippen LogP contribution in [0.3, 0.4) is 0 Å². The van der Waals surface area contributed by atoms with Crippen molar-refractivity contribution in [1.29, 1.82) is 0 Å². The smallest absolute Gasteiger partial charge is 0.261 e. The molecule has 2 amide bonds. The lowest BCUT2D eigenvalue weighted by Gasteiger charge is -2.33. The lowest BCUT2D eigenvalue weighted by molar-refractivity contribution is 0.0692. The van der Waals surface area contributed by atoms with E-state index in [0.717, 1.165) is 4.90 Å². The number of β-amino-alcohol motifs (C(OH)–C–C–N with tert-alkyl or cyclic N) is 1. The number of aliphatic hydroxyl groups excluding tert-OH is 1. The molecule has 3 rings (SSSR count). The summed E-state index contributed by atoms with van der Waals surface area (Å²) < 4.78 is 26.7. The number of piperidine rings is 1. The molecule has 0 saturated carbocycles. The molecule has 0 aromatic heterocycles. The van der Waals surface area contributed by atoms with Crippen LogP contribution in [-0.4, -0.2) is 60.8 Å². The van der Waals surface area contributed by atoms with E-state index in [1.165, 1.54) is 29.6 Å². The van der Waals surface area contributed by atoms with Gasteiger partial charge in [-0.2, -0.15) is 4.31 Å². The van der Waals surface area contributed by atoms with Gasteiger partial charge in [-0.15, -0.1) is 0 Å². The molecule has 2 aliphatic rings. The summed E-state index contributed by atoms with van der Waals surface area (Å²) in [5, 5.41) is 9.82. The predicted octanol–water partition coefficient (Wildman–Crippen LogP) is 0.304. The summed E-state index contributed by atoms with van der Waals surface area (Å²) >= 11 is 0. The van der Waals surface area contributed by atoms with Gasteiger partial charge in [0.15, 0.2) is 0 Å². The fourth-order valence-electron chi connectivity index (χ4n) is 3.12. The number of carbonyl (C=O) groups excluding carboxylic acids is 2. The van der Waals surface area contributed by atoms with Crippen molar-refractivity contribution in [3.8, 4) is 0 Å². The molecule has 0 radical (unpaired) electrons. The zero-order valence-electron chi connectivity index (χ0n) is 12.9. The quantitative estimate of drug-likeness (QED) is 0.783. The second-order valence-corrected chi connectivity index (χ2v) is 8.13. The summed E-state index contributed by atoms with van der Waals surface area (Å²) in [6.45, 7) is 2.24. The molecular formula is C15H18N2O5S. The fourth-order valence-corrected chi connectivity index (χ4v) is 4.74. The molecule has 1 N–H and O–H groups in total. The van der Waals surface area contributed by atoms with Crippen molar-refractivity contribution in [2.45, 2.75) is 24.3 Å². The van der Waals surface area contributed by atoms with Gasteiger partial charge in [0, 0.05) is 20.1 Å². The molecule has 1 fully saturated rings. The van der Waals surface area contributed by atoms with Crippen molar-refractivity contribution in [2.24, 2.45) is 5.92 Å². The van der Waals surface area contributed by atoms with Crippen LogP contribution in [-0.2, 0) is 10.0 Å². The minimum atomic E-state index is -3.82. The van der Waals surface area contributed by atoms with Gasteiger partial charge < -0.3 is 5.11 Å². The van der Waals surface area contributed by atoms with Gasteiger partial charge in [0.05, 0.1) is 22.1 Å². The molecule has 7 nitrogen and oxygen atoms in total. The molecule has 0 aliphatic carbocycles.